The SMILES string of the molecule is CCCc1cc(=O)[nH]c(-n2nc(-c3ccco3)cc2NC(=O)C2(c3ccc(Cl)cc3)CCCC2)n1. The monoisotopic (exact) mass is 491 g/mol. The van der Waals surface area contributed by atoms with E-state index in [1.165, 1.54) is 10.7 Å². The van der Waals surface area contributed by atoms with Gasteiger partial charge in [0, 0.05) is 22.8 Å². The molecule has 2 N–H and O–H groups in total. The van der Waals surface area contributed by atoms with Crippen molar-refractivity contribution in [1.82, 2.24) is 19.7 Å². The van der Waals surface area contributed by atoms with Crippen molar-refractivity contribution in [2.24, 2.45) is 0 Å². The number of carbonyl (C=O) groups is 1. The summed E-state index contributed by atoms with van der Waals surface area (Å²) in [6.45, 7) is 2.02. The molecule has 0 saturated heterocycles. The van der Waals surface area contributed by atoms with Gasteiger partial charge in [0.2, 0.25) is 11.9 Å². The minimum Gasteiger partial charge on any atom is -0.463 e. The third kappa shape index (κ3) is 4.53. The van der Waals surface area contributed by atoms with Crippen LogP contribution in [0.4, 0.5) is 5.82 Å². The van der Waals surface area contributed by atoms with Gasteiger partial charge >= 0.3 is 0 Å². The quantitative estimate of drug-likeness (QED) is 0.366. The lowest BCUT2D eigenvalue weighted by Gasteiger charge is -2.28. The number of hydrogen-bond acceptors (Lipinski definition) is 5. The number of furan rings is 1. The summed E-state index contributed by atoms with van der Waals surface area (Å²) in [5, 5.41) is 8.32. The number of carbonyl (C=O) groups excluding carboxylic acids is 1. The first kappa shape index (κ1) is 23.1. The molecule has 3 aromatic heterocycles. The molecule has 1 fully saturated rings. The fourth-order valence-electron chi connectivity index (χ4n) is 4.78. The van der Waals surface area contributed by atoms with E-state index in [0.717, 1.165) is 37.7 Å². The summed E-state index contributed by atoms with van der Waals surface area (Å²) in [4.78, 5) is 33.5. The number of hydrogen-bond donors (Lipinski definition) is 2. The highest BCUT2D eigenvalue weighted by atomic mass is 35.5. The molecule has 3 heterocycles. The van der Waals surface area contributed by atoms with Crippen LogP contribution in [-0.4, -0.2) is 25.7 Å². The Kier molecular flexibility index (Phi) is 6.30. The molecule has 0 bridgehead atoms. The fourth-order valence-corrected chi connectivity index (χ4v) is 4.91. The van der Waals surface area contributed by atoms with Gasteiger partial charge < -0.3 is 9.73 Å². The maximum atomic E-state index is 13.8. The average Bonchev–Trinajstić information content (AvgIpc) is 3.60. The van der Waals surface area contributed by atoms with Crippen LogP contribution >= 0.6 is 11.6 Å². The number of aryl methyl sites for hydroxylation is 1. The molecule has 1 saturated carbocycles. The molecule has 4 aromatic rings. The van der Waals surface area contributed by atoms with Gasteiger partial charge in [-0.25, -0.2) is 4.98 Å². The van der Waals surface area contributed by atoms with E-state index in [-0.39, 0.29) is 17.4 Å². The van der Waals surface area contributed by atoms with Crippen LogP contribution in [0.1, 0.15) is 50.3 Å². The summed E-state index contributed by atoms with van der Waals surface area (Å²) in [6.07, 6.45) is 6.45. The molecule has 0 spiro atoms. The number of benzene rings is 1. The van der Waals surface area contributed by atoms with Gasteiger partial charge in [-0.15, -0.1) is 0 Å². The first-order chi connectivity index (χ1) is 17.0. The van der Waals surface area contributed by atoms with Crippen LogP contribution in [0.3, 0.4) is 0 Å². The standard InChI is InChI=1S/C26H26ClN5O3/c1-2-6-19-15-23(33)30-25(28-19)32-22(16-20(31-32)21-7-5-14-35-21)29-24(34)26(12-3-4-13-26)17-8-10-18(27)11-9-17/h5,7-11,14-16H,2-4,6,12-13H2,1H3,(H,29,34)(H,28,30,33). The summed E-state index contributed by atoms with van der Waals surface area (Å²) < 4.78 is 6.98. The predicted molar refractivity (Wildman–Crippen MR) is 134 cm³/mol. The Hall–Kier alpha value is -3.65. The third-order valence-corrected chi connectivity index (χ3v) is 6.75. The van der Waals surface area contributed by atoms with Crippen molar-refractivity contribution in [3.8, 4) is 17.4 Å². The van der Waals surface area contributed by atoms with Gasteiger partial charge in [0.05, 0.1) is 11.7 Å². The normalized spacial score (nSPS) is 14.8. The lowest BCUT2D eigenvalue weighted by Crippen LogP contribution is -2.38. The van der Waals surface area contributed by atoms with E-state index in [1.54, 1.807) is 24.5 Å². The Morgan fingerprint density at radius 1 is 1.20 bits per heavy atom. The third-order valence-electron chi connectivity index (χ3n) is 6.50. The molecular formula is C26H26ClN5O3. The van der Waals surface area contributed by atoms with Crippen LogP contribution in [0.2, 0.25) is 5.02 Å². The molecule has 0 aliphatic heterocycles. The molecular weight excluding hydrogens is 466 g/mol. The number of anilines is 1. The maximum Gasteiger partial charge on any atom is 0.252 e. The van der Waals surface area contributed by atoms with Crippen molar-refractivity contribution >= 4 is 23.3 Å². The van der Waals surface area contributed by atoms with E-state index in [9.17, 15) is 9.59 Å². The second kappa shape index (κ2) is 9.54. The van der Waals surface area contributed by atoms with E-state index in [1.807, 2.05) is 31.2 Å². The number of nitrogens with one attached hydrogen (secondary N) is 2. The highest BCUT2D eigenvalue weighted by molar-refractivity contribution is 6.30. The number of halogens is 1. The molecule has 180 valence electrons. The Bertz CT molecular complexity index is 1380. The van der Waals surface area contributed by atoms with Crippen LogP contribution in [0.15, 0.2) is 64.0 Å². The van der Waals surface area contributed by atoms with Gasteiger partial charge in [-0.1, -0.05) is 49.9 Å². The molecule has 1 aliphatic rings. The minimum atomic E-state index is -0.671. The van der Waals surface area contributed by atoms with E-state index in [2.05, 4.69) is 20.4 Å². The maximum absolute atomic E-state index is 13.8. The largest absolute Gasteiger partial charge is 0.463 e. The van der Waals surface area contributed by atoms with Crippen molar-refractivity contribution in [1.29, 1.82) is 0 Å². The molecule has 1 aliphatic carbocycles. The molecule has 8 nitrogen and oxygen atoms in total. The summed E-state index contributed by atoms with van der Waals surface area (Å²) in [6, 6.07) is 14.2. The number of H-pyrrole nitrogens is 1. The van der Waals surface area contributed by atoms with E-state index in [4.69, 9.17) is 16.0 Å². The smallest absolute Gasteiger partial charge is 0.252 e. The Morgan fingerprint density at radius 3 is 2.66 bits per heavy atom. The topological polar surface area (TPSA) is 106 Å². The van der Waals surface area contributed by atoms with Gasteiger partial charge in [0.15, 0.2) is 5.76 Å². The number of aromatic amines is 1. The highest BCUT2D eigenvalue weighted by Gasteiger charge is 2.43. The zero-order chi connectivity index (χ0) is 24.4. The van der Waals surface area contributed by atoms with E-state index >= 15 is 0 Å². The van der Waals surface area contributed by atoms with Crippen LogP contribution in [0, 0.1) is 0 Å². The van der Waals surface area contributed by atoms with Crippen molar-refractivity contribution in [3.05, 3.63) is 81.4 Å². The van der Waals surface area contributed by atoms with Gasteiger partial charge in [0.1, 0.15) is 11.5 Å². The van der Waals surface area contributed by atoms with Crippen LogP contribution in [0.25, 0.3) is 17.4 Å². The van der Waals surface area contributed by atoms with Crippen LogP contribution in [-0.2, 0) is 16.6 Å². The van der Waals surface area contributed by atoms with Gasteiger partial charge in [0.25, 0.3) is 5.56 Å². The first-order valence-electron chi connectivity index (χ1n) is 11.8. The minimum absolute atomic E-state index is 0.128. The van der Waals surface area contributed by atoms with Crippen LogP contribution in [0.5, 0.6) is 0 Å². The second-order valence-corrected chi connectivity index (χ2v) is 9.30. The highest BCUT2D eigenvalue weighted by Crippen LogP contribution is 2.42. The molecule has 5 rings (SSSR count). The predicted octanol–water partition coefficient (Wildman–Crippen LogP) is 5.27. The van der Waals surface area contributed by atoms with Gasteiger partial charge in [-0.3, -0.25) is 14.6 Å². The first-order valence-corrected chi connectivity index (χ1v) is 12.2. The van der Waals surface area contributed by atoms with Crippen LogP contribution < -0.4 is 10.9 Å². The lowest BCUT2D eigenvalue weighted by atomic mass is 9.78. The molecule has 1 aromatic carbocycles. The lowest BCUT2D eigenvalue weighted by molar-refractivity contribution is -0.121. The molecule has 0 unspecified atom stereocenters. The van der Waals surface area contributed by atoms with Crippen molar-refractivity contribution < 1.29 is 9.21 Å². The summed E-state index contributed by atoms with van der Waals surface area (Å²) >= 11 is 6.10. The Labute approximate surface area is 207 Å². The van der Waals surface area contributed by atoms with Gasteiger partial charge in [-0.05, 0) is 49.1 Å². The molecule has 0 atom stereocenters. The second-order valence-electron chi connectivity index (χ2n) is 8.86. The zero-order valence-electron chi connectivity index (χ0n) is 19.4. The number of amides is 1. The molecule has 0 radical (unpaired) electrons. The van der Waals surface area contributed by atoms with Gasteiger partial charge in [-0.2, -0.15) is 9.78 Å². The van der Waals surface area contributed by atoms with E-state index in [0.29, 0.717) is 34.4 Å². The molecule has 1 amide bonds. The number of aromatic nitrogens is 4. The molecule has 9 heteroatoms. The number of rotatable bonds is 7. The van der Waals surface area contributed by atoms with Crippen molar-refractivity contribution in [2.45, 2.75) is 50.9 Å². The van der Waals surface area contributed by atoms with Crippen molar-refractivity contribution in [2.75, 3.05) is 5.32 Å². The molecule has 35 heavy (non-hydrogen) atoms. The van der Waals surface area contributed by atoms with E-state index < -0.39 is 5.41 Å². The summed E-state index contributed by atoms with van der Waals surface area (Å²) in [5.41, 5.74) is 1.16. The Balaban J connectivity index is 1.57. The Morgan fingerprint density at radius 2 is 1.97 bits per heavy atom. The van der Waals surface area contributed by atoms with Crippen molar-refractivity contribution in [3.63, 3.8) is 0 Å². The zero-order valence-corrected chi connectivity index (χ0v) is 20.1. The summed E-state index contributed by atoms with van der Waals surface area (Å²) in [5.74, 6) is 1.05. The summed E-state index contributed by atoms with van der Waals surface area (Å²) in [7, 11) is 0. The average molecular weight is 492 g/mol. The fraction of sp³-hybridized carbons (Fsp3) is 0.308. The number of nitrogens with zero attached hydrogens (tertiary/aromatic N) is 3.